The number of para-hydroxylation sites is 3. The van der Waals surface area contributed by atoms with Crippen LogP contribution in [0.1, 0.15) is 10.4 Å². The number of carbonyl (C=O) groups excluding carboxylic acids is 1. The quantitative estimate of drug-likeness (QED) is 0.617. The molecule has 0 unspecified atom stereocenters. The van der Waals surface area contributed by atoms with Gasteiger partial charge in [0.2, 0.25) is 0 Å². The maximum Gasteiger partial charge on any atom is 0.272 e. The zero-order valence-electron chi connectivity index (χ0n) is 11.6. The highest BCUT2D eigenvalue weighted by molar-refractivity contribution is 6.09. The number of nitrogens with one attached hydrogen (secondary N) is 1. The Bertz CT molecular complexity index is 985. The van der Waals surface area contributed by atoms with Gasteiger partial charge in [-0.2, -0.15) is 0 Å². The number of pyridine rings is 1. The number of rotatable bonds is 2. The van der Waals surface area contributed by atoms with Gasteiger partial charge in [-0.25, -0.2) is 9.66 Å². The van der Waals surface area contributed by atoms with Gasteiger partial charge in [-0.05, 0) is 24.3 Å². The molecule has 0 spiro atoms. The van der Waals surface area contributed by atoms with Crippen molar-refractivity contribution in [2.75, 3.05) is 5.43 Å². The topological polar surface area (TPSA) is 59.8 Å². The largest absolute Gasteiger partial charge is 0.272 e. The van der Waals surface area contributed by atoms with Crippen molar-refractivity contribution >= 4 is 27.8 Å². The molecule has 4 aromatic rings. The molecule has 0 radical (unpaired) electrons. The predicted molar refractivity (Wildman–Crippen MR) is 85.2 cm³/mol. The summed E-state index contributed by atoms with van der Waals surface area (Å²) in [7, 11) is 0. The van der Waals surface area contributed by atoms with E-state index in [1.165, 1.54) is 0 Å². The Balaban J connectivity index is 1.75. The maximum absolute atomic E-state index is 12.6. The lowest BCUT2D eigenvalue weighted by molar-refractivity contribution is 0.101. The van der Waals surface area contributed by atoms with Gasteiger partial charge in [0, 0.05) is 11.6 Å². The molecule has 0 atom stereocenters. The molecule has 22 heavy (non-hydrogen) atoms. The molecule has 2 aromatic carbocycles. The van der Waals surface area contributed by atoms with E-state index in [4.69, 9.17) is 0 Å². The van der Waals surface area contributed by atoms with E-state index in [-0.39, 0.29) is 5.91 Å². The van der Waals surface area contributed by atoms with Crippen LogP contribution >= 0.6 is 0 Å². The third kappa shape index (κ3) is 2.00. The molecule has 0 bridgehead atoms. The van der Waals surface area contributed by atoms with Crippen LogP contribution in [0.5, 0.6) is 0 Å². The van der Waals surface area contributed by atoms with Crippen molar-refractivity contribution in [1.82, 2.24) is 14.6 Å². The van der Waals surface area contributed by atoms with E-state index in [0.717, 1.165) is 16.4 Å². The van der Waals surface area contributed by atoms with Gasteiger partial charge < -0.3 is 0 Å². The number of hydrogen-bond donors (Lipinski definition) is 1. The summed E-state index contributed by atoms with van der Waals surface area (Å²) in [5.41, 5.74) is 5.76. The number of fused-ring (bicyclic) bond motifs is 2. The minimum absolute atomic E-state index is 0.215. The molecular formula is C17H12N4O. The first-order valence-corrected chi connectivity index (χ1v) is 6.90. The Morgan fingerprint density at radius 1 is 0.955 bits per heavy atom. The van der Waals surface area contributed by atoms with Crippen LogP contribution in [0.2, 0.25) is 0 Å². The molecule has 4 rings (SSSR count). The number of amides is 1. The molecule has 0 aliphatic carbocycles. The van der Waals surface area contributed by atoms with Gasteiger partial charge >= 0.3 is 0 Å². The normalized spacial score (nSPS) is 10.9. The molecule has 5 nitrogen and oxygen atoms in total. The van der Waals surface area contributed by atoms with E-state index < -0.39 is 0 Å². The van der Waals surface area contributed by atoms with E-state index in [9.17, 15) is 4.79 Å². The van der Waals surface area contributed by atoms with Gasteiger partial charge in [0.15, 0.2) is 0 Å². The second kappa shape index (κ2) is 4.96. The summed E-state index contributed by atoms with van der Waals surface area (Å²) in [6.45, 7) is 0. The zero-order valence-corrected chi connectivity index (χ0v) is 11.6. The fourth-order valence-electron chi connectivity index (χ4n) is 2.51. The Labute approximate surface area is 126 Å². The van der Waals surface area contributed by atoms with Gasteiger partial charge in [-0.1, -0.05) is 30.3 Å². The molecule has 0 aliphatic rings. The average Bonchev–Trinajstić information content (AvgIpc) is 2.97. The summed E-state index contributed by atoms with van der Waals surface area (Å²) in [4.78, 5) is 21.1. The molecule has 0 saturated carbocycles. The highest BCUT2D eigenvalue weighted by Gasteiger charge is 2.12. The van der Waals surface area contributed by atoms with Gasteiger partial charge in [0.05, 0.1) is 22.1 Å². The summed E-state index contributed by atoms with van der Waals surface area (Å²) >= 11 is 0. The Kier molecular flexibility index (Phi) is 2.83. The average molecular weight is 288 g/mol. The summed E-state index contributed by atoms with van der Waals surface area (Å²) in [6, 6.07) is 17.0. The lowest BCUT2D eigenvalue weighted by atomic mass is 10.1. The van der Waals surface area contributed by atoms with Crippen LogP contribution < -0.4 is 5.43 Å². The minimum Gasteiger partial charge on any atom is -0.267 e. The Morgan fingerprint density at radius 2 is 1.82 bits per heavy atom. The van der Waals surface area contributed by atoms with Crippen molar-refractivity contribution in [2.45, 2.75) is 0 Å². The standard InChI is InChI=1S/C17H12N4O/c22-17(13-7-3-5-12-6-4-10-18-16(12)13)20-21-11-19-14-8-1-2-9-15(14)21/h1-11H,(H,20,22). The highest BCUT2D eigenvalue weighted by Crippen LogP contribution is 2.17. The SMILES string of the molecule is O=C(Nn1cnc2ccccc21)c1cccc2cccnc12. The van der Waals surface area contributed by atoms with Gasteiger partial charge in [-0.3, -0.25) is 15.2 Å². The molecule has 106 valence electrons. The zero-order chi connectivity index (χ0) is 14.9. The smallest absolute Gasteiger partial charge is 0.267 e. The van der Waals surface area contributed by atoms with Gasteiger partial charge in [0.25, 0.3) is 5.91 Å². The first-order chi connectivity index (χ1) is 10.8. The molecular weight excluding hydrogens is 276 g/mol. The monoisotopic (exact) mass is 288 g/mol. The number of aromatic nitrogens is 3. The second-order valence-electron chi connectivity index (χ2n) is 4.92. The molecule has 1 N–H and O–H groups in total. The molecule has 0 fully saturated rings. The first kappa shape index (κ1) is 12.5. The van der Waals surface area contributed by atoms with E-state index in [1.807, 2.05) is 48.5 Å². The first-order valence-electron chi connectivity index (χ1n) is 6.90. The van der Waals surface area contributed by atoms with Crippen molar-refractivity contribution in [2.24, 2.45) is 0 Å². The van der Waals surface area contributed by atoms with E-state index in [1.54, 1.807) is 23.3 Å². The Hall–Kier alpha value is -3.21. The molecule has 2 aromatic heterocycles. The minimum atomic E-state index is -0.215. The third-order valence-electron chi connectivity index (χ3n) is 3.55. The van der Waals surface area contributed by atoms with Gasteiger partial charge in [-0.15, -0.1) is 0 Å². The number of hydrogen-bond acceptors (Lipinski definition) is 3. The number of benzene rings is 2. The second-order valence-corrected chi connectivity index (χ2v) is 4.92. The van der Waals surface area contributed by atoms with E-state index >= 15 is 0 Å². The Morgan fingerprint density at radius 3 is 2.77 bits per heavy atom. The number of nitrogens with zero attached hydrogens (tertiary/aromatic N) is 3. The van der Waals surface area contributed by atoms with Crippen LogP contribution in [0.25, 0.3) is 21.9 Å². The van der Waals surface area contributed by atoms with Crippen LogP contribution in [0, 0.1) is 0 Å². The highest BCUT2D eigenvalue weighted by atomic mass is 16.2. The van der Waals surface area contributed by atoms with Crippen LogP contribution in [-0.2, 0) is 0 Å². The molecule has 2 heterocycles. The summed E-state index contributed by atoms with van der Waals surface area (Å²) in [5.74, 6) is -0.215. The summed E-state index contributed by atoms with van der Waals surface area (Å²) in [6.07, 6.45) is 3.28. The molecule has 0 aliphatic heterocycles. The van der Waals surface area contributed by atoms with Crippen molar-refractivity contribution in [1.29, 1.82) is 0 Å². The lowest BCUT2D eigenvalue weighted by Crippen LogP contribution is -2.22. The molecule has 5 heteroatoms. The van der Waals surface area contributed by atoms with Crippen molar-refractivity contribution in [3.63, 3.8) is 0 Å². The van der Waals surface area contributed by atoms with E-state index in [2.05, 4.69) is 15.4 Å². The number of carbonyl (C=O) groups is 1. The predicted octanol–water partition coefficient (Wildman–Crippen LogP) is 2.97. The molecule has 0 saturated heterocycles. The fourth-order valence-corrected chi connectivity index (χ4v) is 2.51. The lowest BCUT2D eigenvalue weighted by Gasteiger charge is -2.08. The van der Waals surface area contributed by atoms with Gasteiger partial charge in [0.1, 0.15) is 6.33 Å². The van der Waals surface area contributed by atoms with Crippen LogP contribution in [0.3, 0.4) is 0 Å². The fraction of sp³-hybridized carbons (Fsp3) is 0. The van der Waals surface area contributed by atoms with Crippen LogP contribution in [0.15, 0.2) is 67.1 Å². The third-order valence-corrected chi connectivity index (χ3v) is 3.55. The van der Waals surface area contributed by atoms with Crippen molar-refractivity contribution < 1.29 is 4.79 Å². The van der Waals surface area contributed by atoms with Crippen LogP contribution in [-0.4, -0.2) is 20.6 Å². The summed E-state index contributed by atoms with van der Waals surface area (Å²) in [5, 5.41) is 0.936. The molecule has 1 amide bonds. The van der Waals surface area contributed by atoms with E-state index in [0.29, 0.717) is 11.1 Å². The number of imidazole rings is 1. The summed E-state index contributed by atoms with van der Waals surface area (Å²) < 4.78 is 1.62. The maximum atomic E-state index is 12.6. The van der Waals surface area contributed by atoms with Crippen molar-refractivity contribution in [3.8, 4) is 0 Å². The van der Waals surface area contributed by atoms with Crippen molar-refractivity contribution in [3.05, 3.63) is 72.7 Å². The van der Waals surface area contributed by atoms with Crippen LogP contribution in [0.4, 0.5) is 0 Å².